The van der Waals surface area contributed by atoms with Crippen molar-refractivity contribution in [2.24, 2.45) is 0 Å². The summed E-state index contributed by atoms with van der Waals surface area (Å²) in [5.41, 5.74) is 0.949. The second kappa shape index (κ2) is 8.19. The summed E-state index contributed by atoms with van der Waals surface area (Å²) in [5, 5.41) is 1.28. The van der Waals surface area contributed by atoms with E-state index in [-0.39, 0.29) is 23.6 Å². The maximum atomic E-state index is 13.0. The van der Waals surface area contributed by atoms with E-state index >= 15 is 0 Å². The third-order valence-corrected chi connectivity index (χ3v) is 7.43. The number of likely N-dealkylation sites (tertiary alicyclic amines) is 1. The zero-order chi connectivity index (χ0) is 19.7. The van der Waals surface area contributed by atoms with E-state index in [1.807, 2.05) is 18.7 Å². The highest BCUT2D eigenvalue weighted by atomic mass is 32.2. The SMILES string of the molecule is C=CCn1c(SCC(=O)N2C(C)CCCC2C)nc2sc(C)c(C)c2c1=O. The van der Waals surface area contributed by atoms with E-state index in [2.05, 4.69) is 20.4 Å². The second-order valence-electron chi connectivity index (χ2n) is 7.28. The number of nitrogens with zero attached hydrogens (tertiary/aromatic N) is 3. The molecule has 1 aliphatic heterocycles. The van der Waals surface area contributed by atoms with Crippen molar-refractivity contribution in [2.45, 2.75) is 70.7 Å². The molecule has 3 rings (SSSR count). The molecule has 3 heterocycles. The number of allylic oxidation sites excluding steroid dienone is 1. The van der Waals surface area contributed by atoms with Crippen LogP contribution in [0.4, 0.5) is 0 Å². The van der Waals surface area contributed by atoms with E-state index in [0.717, 1.165) is 28.1 Å². The number of carbonyl (C=O) groups excluding carboxylic acids is 1. The van der Waals surface area contributed by atoms with Crippen LogP contribution in [-0.4, -0.2) is 38.2 Å². The lowest BCUT2D eigenvalue weighted by atomic mass is 9.98. The summed E-state index contributed by atoms with van der Waals surface area (Å²) >= 11 is 2.89. The maximum Gasteiger partial charge on any atom is 0.263 e. The molecule has 0 radical (unpaired) electrons. The van der Waals surface area contributed by atoms with Crippen molar-refractivity contribution in [3.8, 4) is 0 Å². The van der Waals surface area contributed by atoms with Crippen LogP contribution >= 0.6 is 23.1 Å². The van der Waals surface area contributed by atoms with Crippen molar-refractivity contribution in [3.63, 3.8) is 0 Å². The molecule has 1 aliphatic rings. The molecule has 0 bridgehead atoms. The second-order valence-corrected chi connectivity index (χ2v) is 9.43. The Morgan fingerprint density at radius 3 is 2.63 bits per heavy atom. The minimum Gasteiger partial charge on any atom is -0.337 e. The first-order chi connectivity index (χ1) is 12.8. The highest BCUT2D eigenvalue weighted by molar-refractivity contribution is 7.99. The summed E-state index contributed by atoms with van der Waals surface area (Å²) in [7, 11) is 0. The first-order valence-corrected chi connectivity index (χ1v) is 11.2. The number of hydrogen-bond donors (Lipinski definition) is 0. The number of carbonyl (C=O) groups is 1. The predicted octanol–water partition coefficient (Wildman–Crippen LogP) is 4.14. The molecule has 1 saturated heterocycles. The van der Waals surface area contributed by atoms with Crippen molar-refractivity contribution in [3.05, 3.63) is 33.4 Å². The lowest BCUT2D eigenvalue weighted by Gasteiger charge is -2.39. The summed E-state index contributed by atoms with van der Waals surface area (Å²) in [5.74, 6) is 0.422. The summed E-state index contributed by atoms with van der Waals surface area (Å²) in [4.78, 5) is 34.4. The third-order valence-electron chi connectivity index (χ3n) is 5.37. The first kappa shape index (κ1) is 20.1. The standard InChI is InChI=1S/C20H27N3O2S2/c1-6-10-22-19(25)17-14(4)15(5)27-18(17)21-20(22)26-11-16(24)23-12(2)8-7-9-13(23)3/h6,12-13H,1,7-11H2,2-5H3. The monoisotopic (exact) mass is 405 g/mol. The highest BCUT2D eigenvalue weighted by Gasteiger charge is 2.29. The Bertz CT molecular complexity index is 921. The van der Waals surface area contributed by atoms with Crippen LogP contribution in [0.15, 0.2) is 22.6 Å². The molecule has 2 aromatic heterocycles. The summed E-state index contributed by atoms with van der Waals surface area (Å²) in [6.07, 6.45) is 4.98. The maximum absolute atomic E-state index is 13.0. The van der Waals surface area contributed by atoms with Gasteiger partial charge in [0.2, 0.25) is 5.91 Å². The number of thiophene rings is 1. The highest BCUT2D eigenvalue weighted by Crippen LogP contribution is 2.29. The number of piperidine rings is 1. The number of hydrogen-bond acceptors (Lipinski definition) is 5. The molecule has 2 aromatic rings. The van der Waals surface area contributed by atoms with Crippen LogP contribution in [0.1, 0.15) is 43.6 Å². The number of thioether (sulfide) groups is 1. The van der Waals surface area contributed by atoms with Crippen LogP contribution in [0.3, 0.4) is 0 Å². The molecule has 146 valence electrons. The normalized spacial score (nSPS) is 20.2. The fourth-order valence-corrected chi connectivity index (χ4v) is 5.77. The quantitative estimate of drug-likeness (QED) is 0.426. The van der Waals surface area contributed by atoms with E-state index in [9.17, 15) is 9.59 Å². The van der Waals surface area contributed by atoms with Gasteiger partial charge in [-0.05, 0) is 52.5 Å². The van der Waals surface area contributed by atoms with Gasteiger partial charge in [-0.25, -0.2) is 4.98 Å². The Morgan fingerprint density at radius 1 is 1.33 bits per heavy atom. The van der Waals surface area contributed by atoms with Gasteiger partial charge >= 0.3 is 0 Å². The molecule has 0 aromatic carbocycles. The molecule has 5 nitrogen and oxygen atoms in total. The van der Waals surface area contributed by atoms with Gasteiger partial charge in [-0.1, -0.05) is 17.8 Å². The number of fused-ring (bicyclic) bond motifs is 1. The van der Waals surface area contributed by atoms with E-state index in [1.54, 1.807) is 10.6 Å². The van der Waals surface area contributed by atoms with Gasteiger partial charge in [0.15, 0.2) is 5.16 Å². The van der Waals surface area contributed by atoms with E-state index in [0.29, 0.717) is 22.8 Å². The van der Waals surface area contributed by atoms with Gasteiger partial charge in [0.1, 0.15) is 4.83 Å². The fourth-order valence-electron chi connectivity index (χ4n) is 3.82. The van der Waals surface area contributed by atoms with E-state index in [4.69, 9.17) is 4.98 Å². The van der Waals surface area contributed by atoms with Crippen LogP contribution in [-0.2, 0) is 11.3 Å². The summed E-state index contributed by atoms with van der Waals surface area (Å²) < 4.78 is 1.63. The van der Waals surface area contributed by atoms with Crippen molar-refractivity contribution in [1.82, 2.24) is 14.5 Å². The Balaban J connectivity index is 1.90. The Hall–Kier alpha value is -1.60. The molecule has 0 aliphatic carbocycles. The number of amides is 1. The van der Waals surface area contributed by atoms with E-state index in [1.165, 1.54) is 29.5 Å². The number of rotatable bonds is 5. The van der Waals surface area contributed by atoms with Crippen LogP contribution in [0.25, 0.3) is 10.2 Å². The lowest BCUT2D eigenvalue weighted by Crippen LogP contribution is -2.48. The Morgan fingerprint density at radius 2 is 2.00 bits per heavy atom. The van der Waals surface area contributed by atoms with Crippen molar-refractivity contribution in [2.75, 3.05) is 5.75 Å². The van der Waals surface area contributed by atoms with Crippen LogP contribution in [0, 0.1) is 13.8 Å². The molecular weight excluding hydrogens is 378 g/mol. The first-order valence-electron chi connectivity index (χ1n) is 9.40. The molecule has 1 amide bonds. The van der Waals surface area contributed by atoms with Gasteiger partial charge < -0.3 is 4.90 Å². The van der Waals surface area contributed by atoms with Gasteiger partial charge in [-0.3, -0.25) is 14.2 Å². The van der Waals surface area contributed by atoms with Crippen LogP contribution < -0.4 is 5.56 Å². The van der Waals surface area contributed by atoms with Crippen molar-refractivity contribution < 1.29 is 4.79 Å². The van der Waals surface area contributed by atoms with Gasteiger partial charge in [-0.2, -0.15) is 0 Å². The van der Waals surface area contributed by atoms with Crippen LogP contribution in [0.5, 0.6) is 0 Å². The molecule has 2 atom stereocenters. The van der Waals surface area contributed by atoms with Gasteiger partial charge in [0, 0.05) is 23.5 Å². The molecular formula is C20H27N3O2S2. The zero-order valence-electron chi connectivity index (χ0n) is 16.4. The molecule has 1 fully saturated rings. The zero-order valence-corrected chi connectivity index (χ0v) is 18.1. The Labute approximate surface area is 168 Å². The minimum atomic E-state index is -0.0450. The lowest BCUT2D eigenvalue weighted by molar-refractivity contribution is -0.134. The average molecular weight is 406 g/mol. The third kappa shape index (κ3) is 3.85. The summed E-state index contributed by atoms with van der Waals surface area (Å²) in [6, 6.07) is 0.547. The molecule has 7 heteroatoms. The average Bonchev–Trinajstić information content (AvgIpc) is 2.90. The van der Waals surface area contributed by atoms with Crippen molar-refractivity contribution >= 4 is 39.2 Å². The summed E-state index contributed by atoms with van der Waals surface area (Å²) in [6.45, 7) is 12.4. The van der Waals surface area contributed by atoms with Gasteiger partial charge in [-0.15, -0.1) is 17.9 Å². The van der Waals surface area contributed by atoms with Crippen LogP contribution in [0.2, 0.25) is 0 Å². The van der Waals surface area contributed by atoms with Gasteiger partial charge in [0.25, 0.3) is 5.56 Å². The largest absolute Gasteiger partial charge is 0.337 e. The fraction of sp³-hybridized carbons (Fsp3) is 0.550. The topological polar surface area (TPSA) is 55.2 Å². The smallest absolute Gasteiger partial charge is 0.263 e. The predicted molar refractivity (Wildman–Crippen MR) is 114 cm³/mol. The number of aromatic nitrogens is 2. The Kier molecular flexibility index (Phi) is 6.11. The number of aryl methyl sites for hydroxylation is 2. The molecule has 0 spiro atoms. The molecule has 0 saturated carbocycles. The van der Waals surface area contributed by atoms with Gasteiger partial charge in [0.05, 0.1) is 11.1 Å². The molecule has 27 heavy (non-hydrogen) atoms. The molecule has 2 unspecified atom stereocenters. The van der Waals surface area contributed by atoms with E-state index < -0.39 is 0 Å². The van der Waals surface area contributed by atoms with Crippen molar-refractivity contribution in [1.29, 1.82) is 0 Å². The minimum absolute atomic E-state index is 0.0450. The molecule has 0 N–H and O–H groups in total.